The van der Waals surface area contributed by atoms with E-state index in [0.717, 1.165) is 24.3 Å². The number of ether oxygens (including phenoxy) is 2. The smallest absolute Gasteiger partial charge is 0.161 e. The van der Waals surface area contributed by atoms with Crippen LogP contribution in [0, 0.1) is 5.92 Å². The molecule has 1 saturated carbocycles. The maximum Gasteiger partial charge on any atom is 0.161 e. The van der Waals surface area contributed by atoms with Crippen molar-refractivity contribution in [3.8, 4) is 11.5 Å². The summed E-state index contributed by atoms with van der Waals surface area (Å²) in [6.45, 7) is 3.70. The Bertz CT molecular complexity index is 477. The van der Waals surface area contributed by atoms with E-state index < -0.39 is 0 Å². The van der Waals surface area contributed by atoms with Crippen molar-refractivity contribution in [2.75, 3.05) is 19.8 Å². The zero-order chi connectivity index (χ0) is 14.7. The Kier molecular flexibility index (Phi) is 4.66. The predicted molar refractivity (Wildman–Crippen MR) is 81.8 cm³/mol. The number of benzene rings is 1. The highest BCUT2D eigenvalue weighted by Gasteiger charge is 2.26. The molecule has 21 heavy (non-hydrogen) atoms. The zero-order valence-electron chi connectivity index (χ0n) is 12.7. The monoisotopic (exact) mass is 291 g/mol. The van der Waals surface area contributed by atoms with Crippen LogP contribution in [0.2, 0.25) is 0 Å². The lowest BCUT2D eigenvalue weighted by molar-refractivity contribution is 0.147. The van der Waals surface area contributed by atoms with Crippen LogP contribution >= 0.6 is 0 Å². The number of hydrogen-bond donors (Lipinski definition) is 2. The van der Waals surface area contributed by atoms with Crippen LogP contribution in [0.3, 0.4) is 0 Å². The lowest BCUT2D eigenvalue weighted by Crippen LogP contribution is -2.41. The van der Waals surface area contributed by atoms with Gasteiger partial charge in [-0.15, -0.1) is 0 Å². The molecule has 0 amide bonds. The van der Waals surface area contributed by atoms with Crippen molar-refractivity contribution in [3.05, 3.63) is 23.8 Å². The molecule has 1 heterocycles. The Morgan fingerprint density at radius 1 is 1.19 bits per heavy atom. The highest BCUT2D eigenvalue weighted by atomic mass is 16.6. The molecule has 0 aromatic heterocycles. The van der Waals surface area contributed by atoms with Gasteiger partial charge in [-0.1, -0.05) is 18.9 Å². The molecule has 2 N–H and O–H groups in total. The molecule has 0 bridgehead atoms. The molecule has 3 unspecified atom stereocenters. The van der Waals surface area contributed by atoms with Crippen LogP contribution in [0.15, 0.2) is 18.2 Å². The Morgan fingerprint density at radius 3 is 2.76 bits per heavy atom. The number of nitrogens with one attached hydrogen (secondary N) is 1. The molecule has 1 aliphatic carbocycles. The molecule has 1 aliphatic heterocycles. The first-order chi connectivity index (χ1) is 10.3. The van der Waals surface area contributed by atoms with Crippen LogP contribution in [0.25, 0.3) is 0 Å². The SMILES string of the molecule is CC(NC1CCCCC1CO)c1ccc2c(c1)OCCO2. The largest absolute Gasteiger partial charge is 0.486 e. The standard InChI is InChI=1S/C17H25NO3/c1-12(18-15-5-3-2-4-14(15)11-19)13-6-7-16-17(10-13)21-9-8-20-16/h6-7,10,12,14-15,18-19H,2-5,8-9,11H2,1H3. The second kappa shape index (κ2) is 6.67. The molecule has 3 rings (SSSR count). The molecule has 116 valence electrons. The molecule has 0 spiro atoms. The highest BCUT2D eigenvalue weighted by molar-refractivity contribution is 5.44. The first-order valence-electron chi connectivity index (χ1n) is 8.04. The van der Waals surface area contributed by atoms with Gasteiger partial charge >= 0.3 is 0 Å². The van der Waals surface area contributed by atoms with Gasteiger partial charge in [-0.3, -0.25) is 0 Å². The summed E-state index contributed by atoms with van der Waals surface area (Å²) >= 11 is 0. The van der Waals surface area contributed by atoms with Crippen molar-refractivity contribution in [2.45, 2.75) is 44.7 Å². The summed E-state index contributed by atoms with van der Waals surface area (Å²) < 4.78 is 11.2. The van der Waals surface area contributed by atoms with Gasteiger partial charge in [0.05, 0.1) is 0 Å². The van der Waals surface area contributed by atoms with E-state index in [1.54, 1.807) is 0 Å². The highest BCUT2D eigenvalue weighted by Crippen LogP contribution is 2.33. The Hall–Kier alpha value is -1.26. The van der Waals surface area contributed by atoms with Crippen LogP contribution in [-0.2, 0) is 0 Å². The van der Waals surface area contributed by atoms with Gasteiger partial charge in [0.25, 0.3) is 0 Å². The summed E-state index contributed by atoms with van der Waals surface area (Å²) in [5, 5.41) is 13.2. The summed E-state index contributed by atoms with van der Waals surface area (Å²) in [5.74, 6) is 2.07. The van der Waals surface area contributed by atoms with E-state index >= 15 is 0 Å². The Labute approximate surface area is 126 Å². The van der Waals surface area contributed by atoms with Crippen LogP contribution in [0.1, 0.15) is 44.2 Å². The third-order valence-corrected chi connectivity index (χ3v) is 4.67. The minimum atomic E-state index is 0.248. The lowest BCUT2D eigenvalue weighted by atomic mass is 9.84. The fraction of sp³-hybridized carbons (Fsp3) is 0.647. The van der Waals surface area contributed by atoms with Crippen molar-refractivity contribution >= 4 is 0 Å². The number of aliphatic hydroxyl groups is 1. The van der Waals surface area contributed by atoms with Gasteiger partial charge in [-0.2, -0.15) is 0 Å². The minimum absolute atomic E-state index is 0.248. The maximum absolute atomic E-state index is 9.53. The molecule has 4 nitrogen and oxygen atoms in total. The van der Waals surface area contributed by atoms with Crippen molar-refractivity contribution in [2.24, 2.45) is 5.92 Å². The molecule has 2 aliphatic rings. The summed E-state index contributed by atoms with van der Waals surface area (Å²) in [7, 11) is 0. The second-order valence-electron chi connectivity index (χ2n) is 6.13. The van der Waals surface area contributed by atoms with Crippen molar-refractivity contribution in [1.82, 2.24) is 5.32 Å². The van der Waals surface area contributed by atoms with E-state index in [9.17, 15) is 5.11 Å². The number of hydrogen-bond acceptors (Lipinski definition) is 4. The van der Waals surface area contributed by atoms with E-state index in [2.05, 4.69) is 24.4 Å². The third kappa shape index (κ3) is 3.33. The fourth-order valence-corrected chi connectivity index (χ4v) is 3.39. The molecule has 3 atom stereocenters. The van der Waals surface area contributed by atoms with Gasteiger partial charge < -0.3 is 19.9 Å². The molecule has 0 saturated heterocycles. The molecular formula is C17H25NO3. The number of fused-ring (bicyclic) bond motifs is 1. The maximum atomic E-state index is 9.53. The van der Waals surface area contributed by atoms with Crippen molar-refractivity contribution in [1.29, 1.82) is 0 Å². The first kappa shape index (κ1) is 14.7. The van der Waals surface area contributed by atoms with Crippen LogP contribution in [0.5, 0.6) is 11.5 Å². The quantitative estimate of drug-likeness (QED) is 0.895. The van der Waals surface area contributed by atoms with Crippen LogP contribution in [-0.4, -0.2) is 31.0 Å². The van der Waals surface area contributed by atoms with Gasteiger partial charge in [0.15, 0.2) is 11.5 Å². The summed E-state index contributed by atoms with van der Waals surface area (Å²) in [4.78, 5) is 0. The minimum Gasteiger partial charge on any atom is -0.486 e. The molecule has 1 fully saturated rings. The van der Waals surface area contributed by atoms with E-state index in [1.807, 2.05) is 6.07 Å². The first-order valence-corrected chi connectivity index (χ1v) is 8.04. The van der Waals surface area contributed by atoms with Gasteiger partial charge in [0.1, 0.15) is 13.2 Å². The van der Waals surface area contributed by atoms with E-state index in [-0.39, 0.29) is 12.6 Å². The van der Waals surface area contributed by atoms with Crippen molar-refractivity contribution < 1.29 is 14.6 Å². The van der Waals surface area contributed by atoms with Crippen molar-refractivity contribution in [3.63, 3.8) is 0 Å². The number of rotatable bonds is 4. The molecule has 0 radical (unpaired) electrons. The van der Waals surface area contributed by atoms with Gasteiger partial charge in [0, 0.05) is 18.7 Å². The van der Waals surface area contributed by atoms with E-state index in [4.69, 9.17) is 9.47 Å². The van der Waals surface area contributed by atoms with Gasteiger partial charge in [-0.05, 0) is 43.4 Å². The normalized spacial score (nSPS) is 26.4. The fourth-order valence-electron chi connectivity index (χ4n) is 3.39. The second-order valence-corrected chi connectivity index (χ2v) is 6.13. The van der Waals surface area contributed by atoms with Gasteiger partial charge in [-0.25, -0.2) is 0 Å². The lowest BCUT2D eigenvalue weighted by Gasteiger charge is -2.33. The van der Waals surface area contributed by atoms with E-state index in [1.165, 1.54) is 18.4 Å². The third-order valence-electron chi connectivity index (χ3n) is 4.67. The molecule has 4 heteroatoms. The van der Waals surface area contributed by atoms with Gasteiger partial charge in [0.2, 0.25) is 0 Å². The summed E-state index contributed by atoms with van der Waals surface area (Å²) in [5.41, 5.74) is 1.21. The average Bonchev–Trinajstić information content (AvgIpc) is 2.55. The Balaban J connectivity index is 1.68. The zero-order valence-corrected chi connectivity index (χ0v) is 12.7. The average molecular weight is 291 g/mol. The topological polar surface area (TPSA) is 50.7 Å². The van der Waals surface area contributed by atoms with Crippen LogP contribution < -0.4 is 14.8 Å². The Morgan fingerprint density at radius 2 is 1.95 bits per heavy atom. The van der Waals surface area contributed by atoms with Crippen LogP contribution in [0.4, 0.5) is 0 Å². The molecule has 1 aromatic carbocycles. The number of aliphatic hydroxyl groups excluding tert-OH is 1. The summed E-state index contributed by atoms with van der Waals surface area (Å²) in [6, 6.07) is 6.82. The predicted octanol–water partition coefficient (Wildman–Crippen LogP) is 2.66. The summed E-state index contributed by atoms with van der Waals surface area (Å²) in [6.07, 6.45) is 4.77. The van der Waals surface area contributed by atoms with E-state index in [0.29, 0.717) is 25.2 Å². The molecule has 1 aromatic rings. The molecular weight excluding hydrogens is 266 g/mol.